The zero-order valence-electron chi connectivity index (χ0n) is 23.2. The molecule has 3 nitrogen and oxygen atoms in total. The van der Waals surface area contributed by atoms with Gasteiger partial charge in [0.25, 0.3) is 0 Å². The van der Waals surface area contributed by atoms with Gasteiger partial charge >= 0.3 is 0 Å². The number of anilines is 4. The topological polar surface area (TPSA) is 24.5 Å². The maximum atomic E-state index is 6.87. The SMILES string of the molecule is c1ccc(N(c2ccccc2)c2ccc3c(c2)c2c(c4ccccc43)NC(c3ccc4sc5ccccc5c4c3)O2)cc1. The molecule has 0 radical (unpaired) electrons. The van der Waals surface area contributed by atoms with Gasteiger partial charge in [0, 0.05) is 53.6 Å². The predicted molar refractivity (Wildman–Crippen MR) is 182 cm³/mol. The number of hydrogen-bond acceptors (Lipinski definition) is 4. The van der Waals surface area contributed by atoms with E-state index in [2.05, 4.69) is 156 Å². The summed E-state index contributed by atoms with van der Waals surface area (Å²) in [5.74, 6) is 0.900. The van der Waals surface area contributed by atoms with Crippen molar-refractivity contribution >= 4 is 75.8 Å². The van der Waals surface area contributed by atoms with Gasteiger partial charge in [0.05, 0.1) is 5.69 Å². The standard InChI is InChI=1S/C39H26N2OS/c1-3-11-26(12-4-1)41(27-13-5-2-6-14-27)28-20-21-30-29-15-7-8-17-32(29)37-38(34(30)24-28)42-39(40-37)25-19-22-36-33(23-25)31-16-9-10-18-35(31)43-36/h1-24,39-40H. The number of hydrogen-bond donors (Lipinski definition) is 1. The molecule has 2 heterocycles. The van der Waals surface area contributed by atoms with E-state index in [1.54, 1.807) is 0 Å². The van der Waals surface area contributed by atoms with Crippen molar-refractivity contribution in [2.45, 2.75) is 6.23 Å². The summed E-state index contributed by atoms with van der Waals surface area (Å²) in [6, 6.07) is 51.8. The van der Waals surface area contributed by atoms with Crippen molar-refractivity contribution in [1.82, 2.24) is 0 Å². The highest BCUT2D eigenvalue weighted by molar-refractivity contribution is 7.25. The molecule has 1 unspecified atom stereocenters. The summed E-state index contributed by atoms with van der Waals surface area (Å²) in [5.41, 5.74) is 5.47. The van der Waals surface area contributed by atoms with Crippen LogP contribution in [-0.2, 0) is 0 Å². The highest BCUT2D eigenvalue weighted by Gasteiger charge is 2.29. The van der Waals surface area contributed by atoms with E-state index in [4.69, 9.17) is 4.74 Å². The van der Waals surface area contributed by atoms with Crippen molar-refractivity contribution in [3.8, 4) is 5.75 Å². The highest BCUT2D eigenvalue weighted by Crippen LogP contribution is 2.50. The Morgan fingerprint density at radius 3 is 1.88 bits per heavy atom. The van der Waals surface area contributed by atoms with E-state index < -0.39 is 0 Å². The minimum atomic E-state index is -0.282. The van der Waals surface area contributed by atoms with Gasteiger partial charge in [0.15, 0.2) is 12.0 Å². The second-order valence-corrected chi connectivity index (χ2v) is 12.1. The minimum absolute atomic E-state index is 0.282. The van der Waals surface area contributed by atoms with Crippen LogP contribution in [0.2, 0.25) is 0 Å². The third-order valence-electron chi connectivity index (χ3n) is 8.46. The van der Waals surface area contributed by atoms with Gasteiger partial charge in [-0.3, -0.25) is 0 Å². The van der Waals surface area contributed by atoms with E-state index in [-0.39, 0.29) is 6.23 Å². The van der Waals surface area contributed by atoms with Crippen LogP contribution in [0, 0.1) is 0 Å². The van der Waals surface area contributed by atoms with Gasteiger partial charge in [-0.05, 0) is 65.4 Å². The maximum Gasteiger partial charge on any atom is 0.196 e. The van der Waals surface area contributed by atoms with Crippen molar-refractivity contribution in [2.75, 3.05) is 10.2 Å². The van der Waals surface area contributed by atoms with Gasteiger partial charge in [0.1, 0.15) is 0 Å². The molecular formula is C39H26N2OS. The van der Waals surface area contributed by atoms with Crippen LogP contribution in [0.4, 0.5) is 22.7 Å². The Morgan fingerprint density at radius 1 is 0.488 bits per heavy atom. The van der Waals surface area contributed by atoms with Gasteiger partial charge < -0.3 is 15.0 Å². The second kappa shape index (κ2) is 9.62. The molecule has 0 bridgehead atoms. The molecule has 0 fully saturated rings. The lowest BCUT2D eigenvalue weighted by atomic mass is 9.98. The Hall–Kier alpha value is -5.32. The van der Waals surface area contributed by atoms with Crippen LogP contribution in [0.15, 0.2) is 146 Å². The van der Waals surface area contributed by atoms with E-state index in [1.807, 2.05) is 11.3 Å². The molecule has 1 aliphatic heterocycles. The average molecular weight is 571 g/mol. The number of fused-ring (bicyclic) bond motifs is 9. The number of para-hydroxylation sites is 2. The first-order valence-corrected chi connectivity index (χ1v) is 15.4. The lowest BCUT2D eigenvalue weighted by Gasteiger charge is -2.26. The Bertz CT molecular complexity index is 2270. The summed E-state index contributed by atoms with van der Waals surface area (Å²) in [5, 5.41) is 11.0. The van der Waals surface area contributed by atoms with Crippen molar-refractivity contribution in [3.63, 3.8) is 0 Å². The quantitative estimate of drug-likeness (QED) is 0.213. The molecule has 0 spiro atoms. The first kappa shape index (κ1) is 24.3. The first-order chi connectivity index (χ1) is 21.3. The van der Waals surface area contributed by atoms with Gasteiger partial charge in [-0.2, -0.15) is 0 Å². The summed E-state index contributed by atoms with van der Waals surface area (Å²) in [6.07, 6.45) is -0.282. The number of thiophene rings is 1. The average Bonchev–Trinajstić information content (AvgIpc) is 3.69. The van der Waals surface area contributed by atoms with E-state index in [9.17, 15) is 0 Å². The predicted octanol–water partition coefficient (Wildman–Crippen LogP) is 11.3. The molecule has 4 heteroatoms. The smallest absolute Gasteiger partial charge is 0.196 e. The normalized spacial score (nSPS) is 14.2. The highest BCUT2D eigenvalue weighted by atomic mass is 32.1. The van der Waals surface area contributed by atoms with Crippen molar-refractivity contribution in [3.05, 3.63) is 151 Å². The number of nitrogens with one attached hydrogen (secondary N) is 1. The molecule has 0 amide bonds. The first-order valence-electron chi connectivity index (χ1n) is 14.5. The van der Waals surface area contributed by atoms with Gasteiger partial charge in [-0.1, -0.05) is 91.0 Å². The Balaban J connectivity index is 1.22. The largest absolute Gasteiger partial charge is 0.464 e. The maximum absolute atomic E-state index is 6.87. The van der Waals surface area contributed by atoms with Crippen LogP contribution in [0.25, 0.3) is 41.7 Å². The fourth-order valence-electron chi connectivity index (χ4n) is 6.49. The molecule has 0 saturated heterocycles. The zero-order chi connectivity index (χ0) is 28.3. The summed E-state index contributed by atoms with van der Waals surface area (Å²) in [4.78, 5) is 2.30. The van der Waals surface area contributed by atoms with Crippen LogP contribution in [0.1, 0.15) is 11.8 Å². The Kier molecular flexibility index (Phi) is 5.43. The second-order valence-electron chi connectivity index (χ2n) is 11.0. The van der Waals surface area contributed by atoms with Crippen LogP contribution in [0.3, 0.4) is 0 Å². The number of ether oxygens (including phenoxy) is 1. The summed E-state index contributed by atoms with van der Waals surface area (Å²) in [7, 11) is 0. The van der Waals surface area contributed by atoms with Gasteiger partial charge in [0.2, 0.25) is 0 Å². The molecule has 7 aromatic carbocycles. The lowest BCUT2D eigenvalue weighted by molar-refractivity contribution is 0.263. The molecule has 0 saturated carbocycles. The third-order valence-corrected chi connectivity index (χ3v) is 9.61. The summed E-state index contributed by atoms with van der Waals surface area (Å²) >= 11 is 1.84. The summed E-state index contributed by atoms with van der Waals surface area (Å²) < 4.78 is 9.48. The number of nitrogens with zero attached hydrogens (tertiary/aromatic N) is 1. The van der Waals surface area contributed by atoms with Crippen LogP contribution >= 0.6 is 11.3 Å². The van der Waals surface area contributed by atoms with Gasteiger partial charge in [-0.15, -0.1) is 11.3 Å². The van der Waals surface area contributed by atoms with Crippen LogP contribution < -0.4 is 15.0 Å². The van der Waals surface area contributed by atoms with Crippen LogP contribution in [0.5, 0.6) is 5.75 Å². The molecule has 1 N–H and O–H groups in total. The fourth-order valence-corrected chi connectivity index (χ4v) is 7.58. The molecule has 204 valence electrons. The molecule has 1 atom stereocenters. The van der Waals surface area contributed by atoms with E-state index in [1.165, 1.54) is 36.3 Å². The molecule has 8 aromatic rings. The molecule has 1 aromatic heterocycles. The minimum Gasteiger partial charge on any atom is -0.464 e. The number of rotatable bonds is 4. The molecular weight excluding hydrogens is 545 g/mol. The van der Waals surface area contributed by atoms with Crippen LogP contribution in [-0.4, -0.2) is 0 Å². The van der Waals surface area contributed by atoms with Crippen molar-refractivity contribution < 1.29 is 4.74 Å². The van der Waals surface area contributed by atoms with E-state index in [0.29, 0.717) is 0 Å². The molecule has 43 heavy (non-hydrogen) atoms. The lowest BCUT2D eigenvalue weighted by Crippen LogP contribution is -2.10. The van der Waals surface area contributed by atoms with Gasteiger partial charge in [-0.25, -0.2) is 0 Å². The fraction of sp³-hybridized carbons (Fsp3) is 0.0256. The molecule has 1 aliphatic rings. The van der Waals surface area contributed by atoms with Crippen molar-refractivity contribution in [1.29, 1.82) is 0 Å². The Labute approximate surface area is 253 Å². The van der Waals surface area contributed by atoms with E-state index in [0.717, 1.165) is 39.4 Å². The number of benzene rings is 7. The summed E-state index contributed by atoms with van der Waals surface area (Å²) in [6.45, 7) is 0. The Morgan fingerprint density at radius 2 is 1.12 bits per heavy atom. The molecule has 0 aliphatic carbocycles. The molecule has 9 rings (SSSR count). The van der Waals surface area contributed by atoms with E-state index >= 15 is 0 Å². The third kappa shape index (κ3) is 3.88. The zero-order valence-corrected chi connectivity index (χ0v) is 24.0. The van der Waals surface area contributed by atoms with Crippen molar-refractivity contribution in [2.24, 2.45) is 0 Å². The monoisotopic (exact) mass is 570 g/mol.